The molecule has 1 unspecified atom stereocenters. The van der Waals surface area contributed by atoms with E-state index in [1.54, 1.807) is 24.3 Å². The maximum atomic E-state index is 11.3. The number of rotatable bonds is 5. The minimum absolute atomic E-state index is 0.154. The van der Waals surface area contributed by atoms with E-state index in [9.17, 15) is 13.2 Å². The second-order valence-electron chi connectivity index (χ2n) is 4.27. The number of ether oxygens (including phenoxy) is 1. The molecule has 1 fully saturated rings. The summed E-state index contributed by atoms with van der Waals surface area (Å²) in [5, 5.41) is 0. The Kier molecular flexibility index (Phi) is 4.01. The van der Waals surface area contributed by atoms with Crippen molar-refractivity contribution >= 4 is 25.8 Å². The van der Waals surface area contributed by atoms with Crippen molar-refractivity contribution in [2.24, 2.45) is 0 Å². The number of β-lactam (4-membered cyclic amide) rings is 1. The Bertz CT molecular complexity index is 570. The molecule has 1 atom stereocenters. The van der Waals surface area contributed by atoms with Gasteiger partial charge in [0.1, 0.15) is 5.75 Å². The van der Waals surface area contributed by atoms with Crippen LogP contribution in [0.5, 0.6) is 5.75 Å². The maximum absolute atomic E-state index is 11.3. The van der Waals surface area contributed by atoms with Crippen LogP contribution in [0.2, 0.25) is 0 Å². The van der Waals surface area contributed by atoms with Crippen LogP contribution < -0.4 is 4.74 Å². The smallest absolute Gasteiger partial charge is 0.324 e. The average Bonchev–Trinajstić information content (AvgIpc) is 2.32. The Hall–Kier alpha value is -1.27. The third-order valence-corrected chi connectivity index (χ3v) is 4.24. The van der Waals surface area contributed by atoms with E-state index in [4.69, 9.17) is 15.4 Å². The van der Waals surface area contributed by atoms with E-state index in [-0.39, 0.29) is 6.42 Å². The Morgan fingerprint density at radius 1 is 1.37 bits per heavy atom. The van der Waals surface area contributed by atoms with Gasteiger partial charge in [-0.15, -0.1) is 0 Å². The Morgan fingerprint density at radius 3 is 2.47 bits per heavy atom. The zero-order valence-electron chi connectivity index (χ0n) is 10.4. The highest BCUT2D eigenvalue weighted by Crippen LogP contribution is 2.38. The first-order valence-corrected chi connectivity index (χ1v) is 8.19. The van der Waals surface area contributed by atoms with Crippen LogP contribution in [-0.4, -0.2) is 25.2 Å². The van der Waals surface area contributed by atoms with Gasteiger partial charge in [0.05, 0.1) is 19.1 Å². The highest BCUT2D eigenvalue weighted by Gasteiger charge is 2.44. The SMILES string of the molecule is CCCOc1ccc(C2CC(=O)N2S(=O)(=O)Cl)cc1. The summed E-state index contributed by atoms with van der Waals surface area (Å²) >= 11 is 0. The van der Waals surface area contributed by atoms with Crippen molar-refractivity contribution in [1.29, 1.82) is 0 Å². The molecular formula is C12H14ClNO4S. The topological polar surface area (TPSA) is 63.7 Å². The van der Waals surface area contributed by atoms with Crippen molar-refractivity contribution in [2.45, 2.75) is 25.8 Å². The Morgan fingerprint density at radius 2 is 2.00 bits per heavy atom. The van der Waals surface area contributed by atoms with Gasteiger partial charge >= 0.3 is 9.24 Å². The van der Waals surface area contributed by atoms with Crippen LogP contribution in [0.25, 0.3) is 0 Å². The molecule has 0 aliphatic carbocycles. The maximum Gasteiger partial charge on any atom is 0.324 e. The predicted octanol–water partition coefficient (Wildman–Crippen LogP) is 2.23. The zero-order valence-corrected chi connectivity index (χ0v) is 11.9. The number of benzene rings is 1. The van der Waals surface area contributed by atoms with Gasteiger partial charge in [0.15, 0.2) is 0 Å². The lowest BCUT2D eigenvalue weighted by Gasteiger charge is -2.37. The number of hydrogen-bond acceptors (Lipinski definition) is 4. The molecule has 7 heteroatoms. The van der Waals surface area contributed by atoms with Crippen molar-refractivity contribution in [2.75, 3.05) is 6.61 Å². The Balaban J connectivity index is 2.13. The molecule has 19 heavy (non-hydrogen) atoms. The third-order valence-electron chi connectivity index (χ3n) is 2.87. The van der Waals surface area contributed by atoms with Crippen LogP contribution in [0.4, 0.5) is 0 Å². The van der Waals surface area contributed by atoms with Gasteiger partial charge in [-0.3, -0.25) is 4.79 Å². The molecule has 0 bridgehead atoms. The van der Waals surface area contributed by atoms with Crippen LogP contribution >= 0.6 is 10.7 Å². The fraction of sp³-hybridized carbons (Fsp3) is 0.417. The lowest BCUT2D eigenvalue weighted by molar-refractivity contribution is -0.137. The Labute approximate surface area is 116 Å². The number of carbonyl (C=O) groups excluding carboxylic acids is 1. The molecule has 2 rings (SSSR count). The molecule has 1 amide bonds. The minimum Gasteiger partial charge on any atom is -0.494 e. The number of hydrogen-bond donors (Lipinski definition) is 0. The molecule has 104 valence electrons. The summed E-state index contributed by atoms with van der Waals surface area (Å²) in [5.41, 5.74) is 0.729. The molecule has 0 aromatic heterocycles. The van der Waals surface area contributed by atoms with E-state index in [0.717, 1.165) is 17.7 Å². The zero-order chi connectivity index (χ0) is 14.0. The summed E-state index contributed by atoms with van der Waals surface area (Å²) in [5.74, 6) is 0.239. The first-order chi connectivity index (χ1) is 8.93. The summed E-state index contributed by atoms with van der Waals surface area (Å²) < 4.78 is 28.7. The highest BCUT2D eigenvalue weighted by atomic mass is 35.7. The first-order valence-electron chi connectivity index (χ1n) is 5.93. The molecule has 1 heterocycles. The van der Waals surface area contributed by atoms with Gasteiger partial charge in [-0.1, -0.05) is 19.1 Å². The van der Waals surface area contributed by atoms with E-state index >= 15 is 0 Å². The molecule has 0 radical (unpaired) electrons. The third kappa shape index (κ3) is 3.01. The summed E-state index contributed by atoms with van der Waals surface area (Å²) in [6.07, 6.45) is 1.07. The van der Waals surface area contributed by atoms with Gasteiger partial charge in [0.2, 0.25) is 5.91 Å². The van der Waals surface area contributed by atoms with Gasteiger partial charge in [0.25, 0.3) is 0 Å². The lowest BCUT2D eigenvalue weighted by Crippen LogP contribution is -2.47. The fourth-order valence-corrected chi connectivity index (χ4v) is 3.27. The molecule has 0 saturated carbocycles. The molecule has 0 spiro atoms. The number of nitrogens with zero attached hydrogens (tertiary/aromatic N) is 1. The molecular weight excluding hydrogens is 290 g/mol. The second kappa shape index (κ2) is 5.38. The molecule has 0 N–H and O–H groups in total. The van der Waals surface area contributed by atoms with Gasteiger partial charge in [-0.05, 0) is 24.1 Å². The second-order valence-corrected chi connectivity index (χ2v) is 6.66. The molecule has 1 aliphatic rings. The van der Waals surface area contributed by atoms with E-state index in [1.807, 2.05) is 6.92 Å². The van der Waals surface area contributed by atoms with E-state index in [0.29, 0.717) is 10.9 Å². The highest BCUT2D eigenvalue weighted by molar-refractivity contribution is 8.12. The van der Waals surface area contributed by atoms with Crippen LogP contribution in [0.3, 0.4) is 0 Å². The molecule has 1 aromatic carbocycles. The fourth-order valence-electron chi connectivity index (χ4n) is 1.93. The molecule has 1 aliphatic heterocycles. The average molecular weight is 304 g/mol. The standard InChI is InChI=1S/C12H14ClNO4S/c1-2-7-18-10-5-3-9(4-6-10)11-8-12(15)14(11)19(13,16)17/h3-6,11H,2,7-8H2,1H3. The van der Waals surface area contributed by atoms with Crippen LogP contribution in [-0.2, 0) is 14.0 Å². The van der Waals surface area contributed by atoms with Gasteiger partial charge in [-0.2, -0.15) is 8.42 Å². The number of carbonyl (C=O) groups is 1. The summed E-state index contributed by atoms with van der Waals surface area (Å²) in [6.45, 7) is 2.64. The summed E-state index contributed by atoms with van der Waals surface area (Å²) in [7, 11) is 1.21. The van der Waals surface area contributed by atoms with Gasteiger partial charge in [-0.25, -0.2) is 4.31 Å². The first kappa shape index (κ1) is 14.1. The van der Waals surface area contributed by atoms with E-state index < -0.39 is 21.2 Å². The van der Waals surface area contributed by atoms with Crippen molar-refractivity contribution in [3.8, 4) is 5.75 Å². The summed E-state index contributed by atoms with van der Waals surface area (Å²) in [6, 6.07) is 6.50. The van der Waals surface area contributed by atoms with Crippen molar-refractivity contribution in [3.63, 3.8) is 0 Å². The van der Waals surface area contributed by atoms with Crippen LogP contribution in [0.1, 0.15) is 31.4 Å². The van der Waals surface area contributed by atoms with Crippen molar-refractivity contribution in [3.05, 3.63) is 29.8 Å². The lowest BCUT2D eigenvalue weighted by atomic mass is 9.97. The minimum atomic E-state index is -4.01. The van der Waals surface area contributed by atoms with Gasteiger partial charge in [0, 0.05) is 10.7 Å². The molecule has 1 aromatic rings. The van der Waals surface area contributed by atoms with Crippen molar-refractivity contribution in [1.82, 2.24) is 4.31 Å². The van der Waals surface area contributed by atoms with Crippen LogP contribution in [0, 0.1) is 0 Å². The largest absolute Gasteiger partial charge is 0.494 e. The monoisotopic (exact) mass is 303 g/mol. The van der Waals surface area contributed by atoms with E-state index in [1.165, 1.54) is 0 Å². The quantitative estimate of drug-likeness (QED) is 0.618. The number of halogens is 1. The normalized spacial score (nSPS) is 19.2. The van der Waals surface area contributed by atoms with Gasteiger partial charge < -0.3 is 4.74 Å². The van der Waals surface area contributed by atoms with Crippen LogP contribution in [0.15, 0.2) is 24.3 Å². The molecule has 5 nitrogen and oxygen atoms in total. The molecule has 1 saturated heterocycles. The predicted molar refractivity (Wildman–Crippen MR) is 71.2 cm³/mol. The summed E-state index contributed by atoms with van der Waals surface area (Å²) in [4.78, 5) is 11.3. The van der Waals surface area contributed by atoms with Crippen molar-refractivity contribution < 1.29 is 17.9 Å². The van der Waals surface area contributed by atoms with E-state index in [2.05, 4.69) is 0 Å². The number of amides is 1.